The molecule has 4 nitrogen and oxygen atoms in total. The van der Waals surface area contributed by atoms with Crippen molar-refractivity contribution in [2.24, 2.45) is 0 Å². The molecule has 1 aromatic carbocycles. The molecule has 0 amide bonds. The SMILES string of the molecule is CCC(O)CNCC(O)COc1ccc(Cl)cc1Cl. The normalized spacial score (nSPS) is 14.2. The Morgan fingerprint density at radius 2 is 1.89 bits per heavy atom. The molecule has 0 fully saturated rings. The van der Waals surface area contributed by atoms with Crippen LogP contribution >= 0.6 is 23.2 Å². The van der Waals surface area contributed by atoms with E-state index in [0.29, 0.717) is 35.3 Å². The molecule has 2 atom stereocenters. The molecule has 108 valence electrons. The summed E-state index contributed by atoms with van der Waals surface area (Å²) in [7, 11) is 0. The zero-order valence-electron chi connectivity index (χ0n) is 10.8. The van der Waals surface area contributed by atoms with Gasteiger partial charge in [0.05, 0.1) is 11.1 Å². The molecule has 0 bridgehead atoms. The average molecular weight is 308 g/mol. The number of ether oxygens (including phenoxy) is 1. The highest BCUT2D eigenvalue weighted by Crippen LogP contribution is 2.27. The second kappa shape index (κ2) is 8.61. The summed E-state index contributed by atoms with van der Waals surface area (Å²) in [5.74, 6) is 0.485. The lowest BCUT2D eigenvalue weighted by Crippen LogP contribution is -2.35. The predicted octanol–water partition coefficient (Wildman–Crippen LogP) is 2.09. The van der Waals surface area contributed by atoms with Gasteiger partial charge in [-0.3, -0.25) is 0 Å². The minimum Gasteiger partial charge on any atom is -0.489 e. The van der Waals surface area contributed by atoms with Crippen molar-refractivity contribution in [3.8, 4) is 5.75 Å². The van der Waals surface area contributed by atoms with Gasteiger partial charge in [0, 0.05) is 18.1 Å². The van der Waals surface area contributed by atoms with Crippen LogP contribution in [0.1, 0.15) is 13.3 Å². The number of aliphatic hydroxyl groups excluding tert-OH is 2. The topological polar surface area (TPSA) is 61.7 Å². The van der Waals surface area contributed by atoms with Gasteiger partial charge in [0.2, 0.25) is 0 Å². The Labute approximate surface area is 123 Å². The summed E-state index contributed by atoms with van der Waals surface area (Å²) >= 11 is 11.7. The van der Waals surface area contributed by atoms with Gasteiger partial charge in [-0.1, -0.05) is 30.1 Å². The minimum atomic E-state index is -0.671. The van der Waals surface area contributed by atoms with E-state index >= 15 is 0 Å². The third-order valence-corrected chi connectivity index (χ3v) is 3.09. The number of aliphatic hydroxyl groups is 2. The smallest absolute Gasteiger partial charge is 0.138 e. The summed E-state index contributed by atoms with van der Waals surface area (Å²) in [5.41, 5.74) is 0. The van der Waals surface area contributed by atoms with E-state index < -0.39 is 6.10 Å². The van der Waals surface area contributed by atoms with E-state index in [4.69, 9.17) is 27.9 Å². The quantitative estimate of drug-likeness (QED) is 0.688. The number of hydrogen-bond donors (Lipinski definition) is 3. The average Bonchev–Trinajstić information content (AvgIpc) is 2.37. The van der Waals surface area contributed by atoms with E-state index in [1.165, 1.54) is 0 Å². The van der Waals surface area contributed by atoms with Crippen molar-refractivity contribution < 1.29 is 14.9 Å². The maximum absolute atomic E-state index is 9.70. The summed E-state index contributed by atoms with van der Waals surface area (Å²) < 4.78 is 5.39. The number of rotatable bonds is 8. The van der Waals surface area contributed by atoms with Gasteiger partial charge < -0.3 is 20.3 Å². The summed E-state index contributed by atoms with van der Waals surface area (Å²) in [4.78, 5) is 0. The zero-order valence-corrected chi connectivity index (χ0v) is 12.3. The molecule has 0 saturated heterocycles. The van der Waals surface area contributed by atoms with E-state index in [1.54, 1.807) is 18.2 Å². The third kappa shape index (κ3) is 6.45. The molecule has 0 saturated carbocycles. The summed E-state index contributed by atoms with van der Waals surface area (Å²) in [6.07, 6.45) is -0.380. The van der Waals surface area contributed by atoms with Gasteiger partial charge in [-0.05, 0) is 24.6 Å². The van der Waals surface area contributed by atoms with Crippen molar-refractivity contribution in [3.05, 3.63) is 28.2 Å². The molecule has 0 aliphatic heterocycles. The molecule has 0 spiro atoms. The Balaban J connectivity index is 2.28. The Kier molecular flexibility index (Phi) is 7.49. The monoisotopic (exact) mass is 307 g/mol. The number of halogens is 2. The van der Waals surface area contributed by atoms with E-state index in [2.05, 4.69) is 5.32 Å². The lowest BCUT2D eigenvalue weighted by atomic mass is 10.2. The Morgan fingerprint density at radius 3 is 2.53 bits per heavy atom. The van der Waals surface area contributed by atoms with Crippen LogP contribution in [-0.2, 0) is 0 Å². The zero-order chi connectivity index (χ0) is 14.3. The van der Waals surface area contributed by atoms with Crippen molar-refractivity contribution in [2.75, 3.05) is 19.7 Å². The highest BCUT2D eigenvalue weighted by Gasteiger charge is 2.08. The van der Waals surface area contributed by atoms with Crippen LogP contribution in [-0.4, -0.2) is 42.1 Å². The number of nitrogens with one attached hydrogen (secondary N) is 1. The van der Waals surface area contributed by atoms with Crippen LogP contribution in [0.3, 0.4) is 0 Å². The second-order valence-electron chi connectivity index (χ2n) is 4.26. The van der Waals surface area contributed by atoms with Gasteiger partial charge in [0.1, 0.15) is 18.5 Å². The first-order valence-electron chi connectivity index (χ1n) is 6.17. The van der Waals surface area contributed by atoms with Gasteiger partial charge in [0.25, 0.3) is 0 Å². The fourth-order valence-corrected chi connectivity index (χ4v) is 1.86. The van der Waals surface area contributed by atoms with Gasteiger partial charge in [-0.2, -0.15) is 0 Å². The lowest BCUT2D eigenvalue weighted by molar-refractivity contribution is 0.0992. The molecule has 0 aromatic heterocycles. The fraction of sp³-hybridized carbons (Fsp3) is 0.538. The van der Waals surface area contributed by atoms with Crippen molar-refractivity contribution >= 4 is 23.2 Å². The van der Waals surface area contributed by atoms with Gasteiger partial charge in [0.15, 0.2) is 0 Å². The fourth-order valence-electron chi connectivity index (χ4n) is 1.40. The van der Waals surface area contributed by atoms with Crippen LogP contribution in [0.4, 0.5) is 0 Å². The third-order valence-electron chi connectivity index (χ3n) is 2.56. The molecule has 0 aliphatic rings. The van der Waals surface area contributed by atoms with E-state index in [-0.39, 0.29) is 12.7 Å². The molecule has 1 rings (SSSR count). The predicted molar refractivity (Wildman–Crippen MR) is 77.1 cm³/mol. The van der Waals surface area contributed by atoms with E-state index in [9.17, 15) is 10.2 Å². The highest BCUT2D eigenvalue weighted by atomic mass is 35.5. The molecular weight excluding hydrogens is 289 g/mol. The molecule has 1 aromatic rings. The van der Waals surface area contributed by atoms with Gasteiger partial charge >= 0.3 is 0 Å². The molecule has 0 radical (unpaired) electrons. The van der Waals surface area contributed by atoms with Crippen LogP contribution in [0.25, 0.3) is 0 Å². The maximum atomic E-state index is 9.70. The standard InChI is InChI=1S/C13H19Cl2NO3/c1-2-10(17)6-16-7-11(18)8-19-13-4-3-9(14)5-12(13)15/h3-5,10-11,16-18H,2,6-8H2,1H3. The number of benzene rings is 1. The second-order valence-corrected chi connectivity index (χ2v) is 5.10. The van der Waals surface area contributed by atoms with Crippen LogP contribution in [0.2, 0.25) is 10.0 Å². The summed E-state index contributed by atoms with van der Waals surface area (Å²) in [5, 5.41) is 22.9. The molecule has 2 unspecified atom stereocenters. The summed E-state index contributed by atoms with van der Waals surface area (Å²) in [6.45, 7) is 2.82. The van der Waals surface area contributed by atoms with E-state index in [1.807, 2.05) is 6.92 Å². The molecule has 0 heterocycles. The van der Waals surface area contributed by atoms with Crippen LogP contribution in [0.15, 0.2) is 18.2 Å². The van der Waals surface area contributed by atoms with Crippen LogP contribution in [0.5, 0.6) is 5.75 Å². The maximum Gasteiger partial charge on any atom is 0.138 e. The Hall–Kier alpha value is -0.520. The van der Waals surface area contributed by atoms with Crippen LogP contribution in [0, 0.1) is 0 Å². The molecule has 19 heavy (non-hydrogen) atoms. The minimum absolute atomic E-state index is 0.122. The Bertz CT molecular complexity index is 390. The summed E-state index contributed by atoms with van der Waals surface area (Å²) in [6, 6.07) is 4.91. The first kappa shape index (κ1) is 16.5. The molecular formula is C13H19Cl2NO3. The molecule has 3 N–H and O–H groups in total. The van der Waals surface area contributed by atoms with Crippen molar-refractivity contribution in [1.82, 2.24) is 5.32 Å². The van der Waals surface area contributed by atoms with Crippen molar-refractivity contribution in [3.63, 3.8) is 0 Å². The van der Waals surface area contributed by atoms with Crippen LogP contribution < -0.4 is 10.1 Å². The first-order valence-corrected chi connectivity index (χ1v) is 6.93. The highest BCUT2D eigenvalue weighted by molar-refractivity contribution is 6.35. The largest absolute Gasteiger partial charge is 0.489 e. The van der Waals surface area contributed by atoms with Crippen molar-refractivity contribution in [1.29, 1.82) is 0 Å². The van der Waals surface area contributed by atoms with Crippen molar-refractivity contribution in [2.45, 2.75) is 25.6 Å². The molecule has 0 aliphatic carbocycles. The van der Waals surface area contributed by atoms with E-state index in [0.717, 1.165) is 0 Å². The Morgan fingerprint density at radius 1 is 1.21 bits per heavy atom. The van der Waals surface area contributed by atoms with Gasteiger partial charge in [-0.15, -0.1) is 0 Å². The number of hydrogen-bond acceptors (Lipinski definition) is 4. The van der Waals surface area contributed by atoms with Gasteiger partial charge in [-0.25, -0.2) is 0 Å². The molecule has 6 heteroatoms. The lowest BCUT2D eigenvalue weighted by Gasteiger charge is -2.15. The first-order chi connectivity index (χ1) is 9.02.